The molecule has 2 amide bonds. The first-order valence-electron chi connectivity index (χ1n) is 3.27. The second-order valence-electron chi connectivity index (χ2n) is 1.83. The van der Waals surface area contributed by atoms with Gasteiger partial charge in [0.05, 0.1) is 0 Å². The van der Waals surface area contributed by atoms with Crippen LogP contribution in [0.2, 0.25) is 0 Å². The van der Waals surface area contributed by atoms with E-state index in [2.05, 4.69) is 13.2 Å². The molecule has 0 aromatic carbocycles. The van der Waals surface area contributed by atoms with Crippen LogP contribution in [0.5, 0.6) is 0 Å². The second-order valence-corrected chi connectivity index (χ2v) is 1.83. The summed E-state index contributed by atoms with van der Waals surface area (Å²) < 4.78 is 0. The summed E-state index contributed by atoms with van der Waals surface area (Å²) in [6.45, 7) is 8.59. The smallest absolute Gasteiger partial charge is 0.252 e. The number of amides is 2. The molecule has 0 aromatic rings. The Hall–Kier alpha value is -1.38. The molecule has 0 aromatic heterocycles. The fraction of sp³-hybridized carbons (Fsp3) is 0.250. The fourth-order valence-electron chi connectivity index (χ4n) is 0.641. The zero-order valence-electron chi connectivity index (χ0n) is 6.54. The first kappa shape index (κ1) is 9.62. The average molecular weight is 153 g/mol. The lowest BCUT2D eigenvalue weighted by Gasteiger charge is -2.13. The molecule has 0 rings (SSSR count). The maximum Gasteiger partial charge on any atom is 0.252 e. The molecule has 3 nitrogen and oxygen atoms in total. The third kappa shape index (κ3) is 2.37. The van der Waals surface area contributed by atoms with Gasteiger partial charge in [0.2, 0.25) is 0 Å². The summed E-state index contributed by atoms with van der Waals surface area (Å²) in [7, 11) is 0. The number of nitrogens with zero attached hydrogens (tertiary/aromatic N) is 1. The maximum atomic E-state index is 10.9. The summed E-state index contributed by atoms with van der Waals surface area (Å²) in [4.78, 5) is 22.8. The molecule has 0 heterocycles. The molecule has 0 aliphatic rings. The van der Waals surface area contributed by atoms with Crippen LogP contribution in [0, 0.1) is 0 Å². The highest BCUT2D eigenvalue weighted by Crippen LogP contribution is 1.92. The Balaban J connectivity index is 4.39. The third-order valence-corrected chi connectivity index (χ3v) is 1.20. The standard InChI is InChI=1S/C8H11NO2/c1-4-7(10)9(6-3)8(11)5-2/h4-5H,1-2,6H2,3H3. The van der Waals surface area contributed by atoms with E-state index < -0.39 is 11.8 Å². The van der Waals surface area contributed by atoms with Crippen molar-refractivity contribution in [2.24, 2.45) is 0 Å². The summed E-state index contributed by atoms with van der Waals surface area (Å²) in [5.41, 5.74) is 0. The van der Waals surface area contributed by atoms with Crippen molar-refractivity contribution in [1.29, 1.82) is 0 Å². The molecule has 0 N–H and O–H groups in total. The maximum absolute atomic E-state index is 10.9. The number of likely N-dealkylation sites (N-methyl/N-ethyl adjacent to an activating group) is 1. The van der Waals surface area contributed by atoms with Gasteiger partial charge in [0.25, 0.3) is 11.8 Å². The molecule has 0 atom stereocenters. The number of hydrogen-bond donors (Lipinski definition) is 0. The van der Waals surface area contributed by atoms with Gasteiger partial charge < -0.3 is 0 Å². The van der Waals surface area contributed by atoms with Crippen LogP contribution in [0.4, 0.5) is 0 Å². The summed E-state index contributed by atoms with van der Waals surface area (Å²) in [5, 5.41) is 0. The van der Waals surface area contributed by atoms with Crippen LogP contribution in [-0.2, 0) is 9.59 Å². The van der Waals surface area contributed by atoms with Gasteiger partial charge in [0, 0.05) is 6.54 Å². The van der Waals surface area contributed by atoms with Gasteiger partial charge in [0.15, 0.2) is 0 Å². The number of carbonyl (C=O) groups is 2. The molecule has 0 unspecified atom stereocenters. The first-order valence-corrected chi connectivity index (χ1v) is 3.27. The Morgan fingerprint density at radius 1 is 1.27 bits per heavy atom. The number of rotatable bonds is 3. The van der Waals surface area contributed by atoms with Gasteiger partial charge in [-0.05, 0) is 19.1 Å². The number of imide groups is 1. The van der Waals surface area contributed by atoms with Crippen molar-refractivity contribution in [3.05, 3.63) is 25.3 Å². The van der Waals surface area contributed by atoms with Gasteiger partial charge in [0.1, 0.15) is 0 Å². The van der Waals surface area contributed by atoms with Crippen LogP contribution in [0.3, 0.4) is 0 Å². The van der Waals surface area contributed by atoms with Gasteiger partial charge in [-0.3, -0.25) is 14.5 Å². The van der Waals surface area contributed by atoms with Gasteiger partial charge in [-0.2, -0.15) is 0 Å². The largest absolute Gasteiger partial charge is 0.276 e. The van der Waals surface area contributed by atoms with Crippen LogP contribution >= 0.6 is 0 Å². The molecule has 60 valence electrons. The summed E-state index contributed by atoms with van der Waals surface area (Å²) in [5.74, 6) is -0.783. The van der Waals surface area contributed by atoms with E-state index in [4.69, 9.17) is 0 Å². The van der Waals surface area contributed by atoms with Gasteiger partial charge in [-0.15, -0.1) is 0 Å². The van der Waals surface area contributed by atoms with Crippen molar-refractivity contribution in [2.45, 2.75) is 6.92 Å². The highest BCUT2D eigenvalue weighted by Gasteiger charge is 2.12. The molecule has 0 fully saturated rings. The minimum Gasteiger partial charge on any atom is -0.276 e. The predicted molar refractivity (Wildman–Crippen MR) is 42.8 cm³/mol. The van der Waals surface area contributed by atoms with E-state index in [1.165, 1.54) is 0 Å². The van der Waals surface area contributed by atoms with E-state index in [1.807, 2.05) is 0 Å². The lowest BCUT2D eigenvalue weighted by molar-refractivity contribution is -0.138. The Morgan fingerprint density at radius 2 is 1.64 bits per heavy atom. The molecule has 0 radical (unpaired) electrons. The van der Waals surface area contributed by atoms with Crippen molar-refractivity contribution in [2.75, 3.05) is 6.54 Å². The van der Waals surface area contributed by atoms with Crippen LogP contribution in [0.25, 0.3) is 0 Å². The third-order valence-electron chi connectivity index (χ3n) is 1.20. The molecule has 0 saturated heterocycles. The van der Waals surface area contributed by atoms with Crippen LogP contribution < -0.4 is 0 Å². The van der Waals surface area contributed by atoms with Crippen LogP contribution in [-0.4, -0.2) is 23.3 Å². The summed E-state index contributed by atoms with van der Waals surface area (Å²) in [6, 6.07) is 0. The number of carbonyl (C=O) groups excluding carboxylic acids is 2. The molecule has 0 spiro atoms. The lowest BCUT2D eigenvalue weighted by atomic mass is 10.4. The van der Waals surface area contributed by atoms with Gasteiger partial charge >= 0.3 is 0 Å². The normalized spacial score (nSPS) is 8.45. The zero-order chi connectivity index (χ0) is 8.85. The predicted octanol–water partition coefficient (Wildman–Crippen LogP) is 0.734. The molecule has 0 bridgehead atoms. The zero-order valence-corrected chi connectivity index (χ0v) is 6.54. The Morgan fingerprint density at radius 3 is 1.82 bits per heavy atom. The topological polar surface area (TPSA) is 37.4 Å². The minimum atomic E-state index is -0.391. The van der Waals surface area contributed by atoms with E-state index in [1.54, 1.807) is 6.92 Å². The fourth-order valence-corrected chi connectivity index (χ4v) is 0.641. The average Bonchev–Trinajstić information content (AvgIpc) is 2.05. The highest BCUT2D eigenvalue weighted by atomic mass is 16.2. The van der Waals surface area contributed by atoms with E-state index >= 15 is 0 Å². The second kappa shape index (κ2) is 4.44. The summed E-state index contributed by atoms with van der Waals surface area (Å²) >= 11 is 0. The SMILES string of the molecule is C=CC(=O)N(CC)C(=O)C=C. The van der Waals surface area contributed by atoms with E-state index in [-0.39, 0.29) is 0 Å². The van der Waals surface area contributed by atoms with Crippen molar-refractivity contribution in [3.8, 4) is 0 Å². The van der Waals surface area contributed by atoms with Crippen molar-refractivity contribution in [1.82, 2.24) is 4.90 Å². The van der Waals surface area contributed by atoms with E-state index in [0.717, 1.165) is 17.1 Å². The van der Waals surface area contributed by atoms with Crippen LogP contribution in [0.15, 0.2) is 25.3 Å². The summed E-state index contributed by atoms with van der Waals surface area (Å²) in [6.07, 6.45) is 2.20. The Labute approximate surface area is 66.0 Å². The molecular weight excluding hydrogens is 142 g/mol. The highest BCUT2D eigenvalue weighted by molar-refractivity contribution is 6.04. The minimum absolute atomic E-state index is 0.343. The monoisotopic (exact) mass is 153 g/mol. The van der Waals surface area contributed by atoms with Crippen molar-refractivity contribution < 1.29 is 9.59 Å². The Kier molecular flexibility index (Phi) is 3.88. The molecule has 3 heteroatoms. The van der Waals surface area contributed by atoms with E-state index in [0.29, 0.717) is 6.54 Å². The molecule has 0 saturated carbocycles. The number of hydrogen-bond acceptors (Lipinski definition) is 2. The Bertz CT molecular complexity index is 176. The molecule has 11 heavy (non-hydrogen) atoms. The molecular formula is C8H11NO2. The van der Waals surface area contributed by atoms with Gasteiger partial charge in [-0.25, -0.2) is 0 Å². The van der Waals surface area contributed by atoms with Crippen molar-refractivity contribution in [3.63, 3.8) is 0 Å². The van der Waals surface area contributed by atoms with E-state index in [9.17, 15) is 9.59 Å². The lowest BCUT2D eigenvalue weighted by Crippen LogP contribution is -2.33. The van der Waals surface area contributed by atoms with Crippen molar-refractivity contribution >= 4 is 11.8 Å². The van der Waals surface area contributed by atoms with Crippen LogP contribution in [0.1, 0.15) is 6.92 Å². The molecule has 0 aliphatic carbocycles. The van der Waals surface area contributed by atoms with Gasteiger partial charge in [-0.1, -0.05) is 13.2 Å². The quantitative estimate of drug-likeness (QED) is 0.560. The first-order chi connectivity index (χ1) is 5.17. The molecule has 0 aliphatic heterocycles.